The molecule has 1 unspecified atom stereocenters. The molecule has 18 heavy (non-hydrogen) atoms. The molecular weight excluding hydrogens is 240 g/mol. The summed E-state index contributed by atoms with van der Waals surface area (Å²) in [5.41, 5.74) is 0.332. The van der Waals surface area contributed by atoms with Gasteiger partial charge in [-0.3, -0.25) is 0 Å². The van der Waals surface area contributed by atoms with Gasteiger partial charge in [0.15, 0.2) is 0 Å². The Bertz CT molecular complexity index is 410. The van der Waals surface area contributed by atoms with Crippen LogP contribution in [-0.4, -0.2) is 25.3 Å². The maximum Gasteiger partial charge on any atom is 0.387 e. The molecule has 5 heteroatoms. The first-order valence-electron chi connectivity index (χ1n) is 5.90. The number of rotatable bonds is 3. The van der Waals surface area contributed by atoms with Crippen molar-refractivity contribution in [3.63, 3.8) is 0 Å². The van der Waals surface area contributed by atoms with E-state index in [4.69, 9.17) is 4.74 Å². The average Bonchev–Trinajstić information content (AvgIpc) is 2.27. The molecule has 1 aliphatic heterocycles. The van der Waals surface area contributed by atoms with E-state index in [0.717, 1.165) is 6.54 Å². The third kappa shape index (κ3) is 3.17. The van der Waals surface area contributed by atoms with Crippen molar-refractivity contribution in [2.24, 2.45) is 0 Å². The molecule has 2 rings (SSSR count). The highest BCUT2D eigenvalue weighted by Crippen LogP contribution is 2.33. The second-order valence-corrected chi connectivity index (χ2v) is 4.91. The van der Waals surface area contributed by atoms with Gasteiger partial charge < -0.3 is 14.8 Å². The monoisotopic (exact) mass is 257 g/mol. The molecule has 0 aromatic heterocycles. The van der Waals surface area contributed by atoms with E-state index >= 15 is 0 Å². The molecule has 0 radical (unpaired) electrons. The number of hydrogen-bond acceptors (Lipinski definition) is 3. The zero-order valence-electron chi connectivity index (χ0n) is 10.5. The Kier molecular flexibility index (Phi) is 3.82. The average molecular weight is 257 g/mol. The zero-order valence-corrected chi connectivity index (χ0v) is 10.5. The molecule has 1 heterocycles. The lowest BCUT2D eigenvalue weighted by molar-refractivity contribution is -0.0995. The van der Waals surface area contributed by atoms with Crippen molar-refractivity contribution in [2.45, 2.75) is 32.2 Å². The van der Waals surface area contributed by atoms with Crippen LogP contribution in [0.4, 0.5) is 8.78 Å². The number of nitrogens with one attached hydrogen (secondary N) is 1. The van der Waals surface area contributed by atoms with Crippen LogP contribution in [0.3, 0.4) is 0 Å². The van der Waals surface area contributed by atoms with Crippen LogP contribution in [0, 0.1) is 0 Å². The van der Waals surface area contributed by atoms with Crippen LogP contribution >= 0.6 is 0 Å². The van der Waals surface area contributed by atoms with Gasteiger partial charge in [-0.25, -0.2) is 0 Å². The minimum atomic E-state index is -2.82. The van der Waals surface area contributed by atoms with Gasteiger partial charge in [-0.1, -0.05) is 18.2 Å². The second-order valence-electron chi connectivity index (χ2n) is 4.91. The maximum absolute atomic E-state index is 12.3. The van der Waals surface area contributed by atoms with Crippen LogP contribution in [0.5, 0.6) is 5.75 Å². The minimum Gasteiger partial charge on any atom is -0.434 e. The summed E-state index contributed by atoms with van der Waals surface area (Å²) in [6.07, 6.45) is -0.274. The molecule has 1 fully saturated rings. The first-order valence-corrected chi connectivity index (χ1v) is 5.90. The number of morpholine rings is 1. The molecule has 1 aromatic carbocycles. The highest BCUT2D eigenvalue weighted by Gasteiger charge is 2.30. The maximum atomic E-state index is 12.3. The van der Waals surface area contributed by atoms with Crippen LogP contribution in [0.25, 0.3) is 0 Å². The Labute approximate surface area is 105 Å². The summed E-state index contributed by atoms with van der Waals surface area (Å²) in [5, 5.41) is 3.24. The molecule has 1 aromatic rings. The van der Waals surface area contributed by atoms with E-state index < -0.39 is 6.61 Å². The normalized spacial score (nSPS) is 23.1. The van der Waals surface area contributed by atoms with E-state index in [2.05, 4.69) is 10.1 Å². The van der Waals surface area contributed by atoms with Crippen LogP contribution in [-0.2, 0) is 4.74 Å². The van der Waals surface area contributed by atoms with Crippen molar-refractivity contribution in [2.75, 3.05) is 13.1 Å². The van der Waals surface area contributed by atoms with Gasteiger partial charge in [0.2, 0.25) is 0 Å². The highest BCUT2D eigenvalue weighted by molar-refractivity contribution is 5.35. The first-order chi connectivity index (χ1) is 8.48. The topological polar surface area (TPSA) is 30.5 Å². The molecule has 0 aliphatic carbocycles. The number of benzene rings is 1. The molecule has 1 aliphatic rings. The zero-order chi connectivity index (χ0) is 13.2. The van der Waals surface area contributed by atoms with Crippen molar-refractivity contribution < 1.29 is 18.3 Å². The van der Waals surface area contributed by atoms with Crippen molar-refractivity contribution in [1.29, 1.82) is 0 Å². The molecule has 0 saturated carbocycles. The molecule has 100 valence electrons. The fourth-order valence-corrected chi connectivity index (χ4v) is 2.10. The molecular formula is C13H17F2NO2. The van der Waals surface area contributed by atoms with Gasteiger partial charge in [-0.2, -0.15) is 8.78 Å². The van der Waals surface area contributed by atoms with Gasteiger partial charge >= 0.3 is 6.61 Å². The number of hydrogen-bond donors (Lipinski definition) is 1. The summed E-state index contributed by atoms with van der Waals surface area (Å²) in [7, 11) is 0. The van der Waals surface area contributed by atoms with Crippen LogP contribution in [0.1, 0.15) is 25.5 Å². The van der Waals surface area contributed by atoms with Crippen molar-refractivity contribution in [3.8, 4) is 5.75 Å². The molecule has 1 saturated heterocycles. The van der Waals surface area contributed by atoms with Gasteiger partial charge in [0.1, 0.15) is 5.75 Å². The van der Waals surface area contributed by atoms with E-state index in [-0.39, 0.29) is 17.5 Å². The van der Waals surface area contributed by atoms with Crippen molar-refractivity contribution >= 4 is 0 Å². The second kappa shape index (κ2) is 5.20. The molecule has 1 atom stereocenters. The van der Waals surface area contributed by atoms with Gasteiger partial charge in [0.25, 0.3) is 0 Å². The van der Waals surface area contributed by atoms with Gasteiger partial charge in [-0.15, -0.1) is 0 Å². The summed E-state index contributed by atoms with van der Waals surface area (Å²) < 4.78 is 35.1. The molecule has 0 spiro atoms. The van der Waals surface area contributed by atoms with E-state index in [0.29, 0.717) is 12.1 Å². The number of para-hydroxylation sites is 1. The third-order valence-corrected chi connectivity index (χ3v) is 2.82. The van der Waals surface area contributed by atoms with Gasteiger partial charge in [-0.05, 0) is 19.9 Å². The predicted molar refractivity (Wildman–Crippen MR) is 63.8 cm³/mol. The van der Waals surface area contributed by atoms with Gasteiger partial charge in [0, 0.05) is 18.7 Å². The molecule has 1 N–H and O–H groups in total. The Morgan fingerprint density at radius 1 is 1.39 bits per heavy atom. The quantitative estimate of drug-likeness (QED) is 0.903. The Hall–Kier alpha value is -1.20. The third-order valence-electron chi connectivity index (χ3n) is 2.82. The van der Waals surface area contributed by atoms with E-state index in [9.17, 15) is 8.78 Å². The number of ether oxygens (including phenoxy) is 2. The Balaban J connectivity index is 2.21. The van der Waals surface area contributed by atoms with Gasteiger partial charge in [0.05, 0.1) is 11.7 Å². The number of alkyl halides is 2. The largest absolute Gasteiger partial charge is 0.434 e. The minimum absolute atomic E-state index is 0.178. The van der Waals surface area contributed by atoms with E-state index in [1.165, 1.54) is 6.07 Å². The highest BCUT2D eigenvalue weighted by atomic mass is 19.3. The molecule has 0 bridgehead atoms. The van der Waals surface area contributed by atoms with Crippen LogP contribution < -0.4 is 10.1 Å². The SMILES string of the molecule is CC1(C)CNCC(c2ccccc2OC(F)F)O1. The lowest BCUT2D eigenvalue weighted by Crippen LogP contribution is -2.46. The van der Waals surface area contributed by atoms with Crippen molar-refractivity contribution in [3.05, 3.63) is 29.8 Å². The Morgan fingerprint density at radius 2 is 2.11 bits per heavy atom. The number of halogens is 2. The fourth-order valence-electron chi connectivity index (χ4n) is 2.10. The first kappa shape index (κ1) is 13.2. The van der Waals surface area contributed by atoms with Crippen LogP contribution in [0.15, 0.2) is 24.3 Å². The summed E-state index contributed by atoms with van der Waals surface area (Å²) in [6, 6.07) is 6.75. The lowest BCUT2D eigenvalue weighted by atomic mass is 10.0. The van der Waals surface area contributed by atoms with E-state index in [1.807, 2.05) is 13.8 Å². The Morgan fingerprint density at radius 3 is 2.78 bits per heavy atom. The van der Waals surface area contributed by atoms with Crippen molar-refractivity contribution in [1.82, 2.24) is 5.32 Å². The summed E-state index contributed by atoms with van der Waals surface area (Å²) in [6.45, 7) is 2.43. The summed E-state index contributed by atoms with van der Waals surface area (Å²) in [5.74, 6) is 0.178. The summed E-state index contributed by atoms with van der Waals surface area (Å²) >= 11 is 0. The fraction of sp³-hybridized carbons (Fsp3) is 0.538. The van der Waals surface area contributed by atoms with E-state index in [1.54, 1.807) is 18.2 Å². The smallest absolute Gasteiger partial charge is 0.387 e. The summed E-state index contributed by atoms with van der Waals surface area (Å²) in [4.78, 5) is 0. The molecule has 0 amide bonds. The van der Waals surface area contributed by atoms with Crippen LogP contribution in [0.2, 0.25) is 0 Å². The standard InChI is InChI=1S/C13H17F2NO2/c1-13(2)8-16-7-11(18-13)9-5-3-4-6-10(9)17-12(14)15/h3-6,11-12,16H,7-8H2,1-2H3. The predicted octanol–water partition coefficient (Wildman–Crippen LogP) is 2.73. The lowest BCUT2D eigenvalue weighted by Gasteiger charge is -2.37. The molecule has 3 nitrogen and oxygen atoms in total.